The van der Waals surface area contributed by atoms with E-state index in [9.17, 15) is 13.2 Å². The van der Waals surface area contributed by atoms with Crippen LogP contribution in [-0.2, 0) is 14.8 Å². The van der Waals surface area contributed by atoms with Gasteiger partial charge >= 0.3 is 0 Å². The number of sulfonamides is 1. The van der Waals surface area contributed by atoms with Gasteiger partial charge in [-0.25, -0.2) is 13.6 Å². The summed E-state index contributed by atoms with van der Waals surface area (Å²) >= 11 is 0. The third-order valence-corrected chi connectivity index (χ3v) is 3.65. The van der Waals surface area contributed by atoms with E-state index in [0.29, 0.717) is 5.69 Å². The van der Waals surface area contributed by atoms with E-state index in [2.05, 4.69) is 5.32 Å². The number of nitrogens with one attached hydrogen (secondary N) is 1. The molecule has 2 rings (SSSR count). The molecule has 1 aromatic carbocycles. The molecule has 0 radical (unpaired) electrons. The lowest BCUT2D eigenvalue weighted by molar-refractivity contribution is -0.117. The third kappa shape index (κ3) is 2.83. The third-order valence-electron chi connectivity index (χ3n) is 2.74. The maximum Gasteiger partial charge on any atom is 0.238 e. The van der Waals surface area contributed by atoms with Crippen molar-refractivity contribution in [2.45, 2.75) is 24.7 Å². The van der Waals surface area contributed by atoms with E-state index in [0.717, 1.165) is 18.4 Å². The minimum atomic E-state index is -3.73. The Morgan fingerprint density at radius 3 is 2.59 bits per heavy atom. The lowest BCUT2D eigenvalue weighted by Gasteiger charge is -2.09. The predicted octanol–water partition coefficient (Wildman–Crippen LogP) is 0.991. The smallest absolute Gasteiger partial charge is 0.238 e. The maximum absolute atomic E-state index is 11.6. The van der Waals surface area contributed by atoms with Crippen molar-refractivity contribution in [2.75, 3.05) is 5.32 Å². The number of hydrogen-bond donors (Lipinski definition) is 2. The molecule has 1 aromatic rings. The molecule has 3 N–H and O–H groups in total. The molecular weight excluding hydrogens is 240 g/mol. The fourth-order valence-corrected chi connectivity index (χ4v) is 2.03. The zero-order chi connectivity index (χ0) is 12.6. The summed E-state index contributed by atoms with van der Waals surface area (Å²) in [4.78, 5) is 11.6. The van der Waals surface area contributed by atoms with Crippen molar-refractivity contribution in [3.05, 3.63) is 23.8 Å². The normalized spacial score (nSPS) is 15.6. The van der Waals surface area contributed by atoms with E-state index in [1.165, 1.54) is 12.1 Å². The minimum Gasteiger partial charge on any atom is -0.326 e. The van der Waals surface area contributed by atoms with Crippen molar-refractivity contribution in [3.63, 3.8) is 0 Å². The van der Waals surface area contributed by atoms with Crippen LogP contribution in [0.2, 0.25) is 0 Å². The molecule has 0 saturated heterocycles. The van der Waals surface area contributed by atoms with Crippen LogP contribution in [0.4, 0.5) is 5.69 Å². The number of anilines is 1. The molecule has 1 aliphatic carbocycles. The van der Waals surface area contributed by atoms with Gasteiger partial charge in [0.05, 0.1) is 4.90 Å². The molecule has 1 aliphatic rings. The fourth-order valence-electron chi connectivity index (χ4n) is 1.49. The first kappa shape index (κ1) is 12.1. The van der Waals surface area contributed by atoms with E-state index < -0.39 is 10.0 Å². The monoisotopic (exact) mass is 254 g/mol. The molecule has 17 heavy (non-hydrogen) atoms. The van der Waals surface area contributed by atoms with Gasteiger partial charge in [0.25, 0.3) is 0 Å². The van der Waals surface area contributed by atoms with Gasteiger partial charge in [-0.1, -0.05) is 6.07 Å². The van der Waals surface area contributed by atoms with Crippen molar-refractivity contribution in [3.8, 4) is 0 Å². The Hall–Kier alpha value is -1.40. The highest BCUT2D eigenvalue weighted by atomic mass is 32.2. The number of nitrogens with two attached hydrogens (primary N) is 1. The molecule has 1 fully saturated rings. The molecule has 0 atom stereocenters. The second-order valence-corrected chi connectivity index (χ2v) is 5.85. The number of rotatable bonds is 3. The molecule has 0 heterocycles. The summed E-state index contributed by atoms with van der Waals surface area (Å²) in [6.07, 6.45) is 1.81. The lowest BCUT2D eigenvalue weighted by Crippen LogP contribution is -2.16. The van der Waals surface area contributed by atoms with Crippen LogP contribution in [0.25, 0.3) is 0 Å². The summed E-state index contributed by atoms with van der Waals surface area (Å²) in [5.41, 5.74) is 1.32. The fraction of sp³-hybridized carbons (Fsp3) is 0.364. The van der Waals surface area contributed by atoms with Gasteiger partial charge < -0.3 is 5.32 Å². The first-order valence-electron chi connectivity index (χ1n) is 5.32. The number of carbonyl (C=O) groups is 1. The molecule has 0 aliphatic heterocycles. The number of amides is 1. The van der Waals surface area contributed by atoms with E-state index in [4.69, 9.17) is 5.14 Å². The Bertz CT molecular complexity index is 562. The molecule has 1 amide bonds. The second kappa shape index (κ2) is 4.12. The summed E-state index contributed by atoms with van der Waals surface area (Å²) in [6.45, 7) is 1.80. The summed E-state index contributed by atoms with van der Waals surface area (Å²) in [5.74, 6) is 0.0206. The van der Waals surface area contributed by atoms with Crippen LogP contribution in [0, 0.1) is 12.8 Å². The number of carbonyl (C=O) groups excluding carboxylic acids is 1. The predicted molar refractivity (Wildman–Crippen MR) is 63.9 cm³/mol. The molecule has 0 bridgehead atoms. The molecule has 0 spiro atoms. The Morgan fingerprint density at radius 1 is 1.41 bits per heavy atom. The van der Waals surface area contributed by atoms with Crippen LogP contribution in [0.5, 0.6) is 0 Å². The van der Waals surface area contributed by atoms with Gasteiger partial charge in [0.1, 0.15) is 0 Å². The lowest BCUT2D eigenvalue weighted by atomic mass is 10.2. The van der Waals surface area contributed by atoms with Gasteiger partial charge in [-0.15, -0.1) is 0 Å². The van der Waals surface area contributed by atoms with Gasteiger partial charge in [0, 0.05) is 11.6 Å². The van der Waals surface area contributed by atoms with E-state index in [1.807, 2.05) is 0 Å². The number of primary sulfonamides is 1. The van der Waals surface area contributed by atoms with Crippen molar-refractivity contribution >= 4 is 21.6 Å². The Kier molecular flexibility index (Phi) is 2.92. The SMILES string of the molecule is Cc1ccc(S(N)(=O)=O)cc1NC(=O)C1CC1. The quantitative estimate of drug-likeness (QED) is 0.843. The zero-order valence-electron chi connectivity index (χ0n) is 9.43. The molecule has 92 valence electrons. The molecule has 5 nitrogen and oxygen atoms in total. The highest BCUT2D eigenvalue weighted by Crippen LogP contribution is 2.31. The Balaban J connectivity index is 2.29. The molecule has 1 saturated carbocycles. The van der Waals surface area contributed by atoms with Gasteiger partial charge in [-0.2, -0.15) is 0 Å². The first-order valence-corrected chi connectivity index (χ1v) is 6.87. The minimum absolute atomic E-state index is 0.00852. The maximum atomic E-state index is 11.6. The van der Waals surface area contributed by atoms with E-state index in [1.54, 1.807) is 13.0 Å². The number of benzene rings is 1. The van der Waals surface area contributed by atoms with Crippen LogP contribution in [0.3, 0.4) is 0 Å². The number of aryl methyl sites for hydroxylation is 1. The van der Waals surface area contributed by atoms with Gasteiger partial charge in [0.2, 0.25) is 15.9 Å². The average molecular weight is 254 g/mol. The van der Waals surface area contributed by atoms with Crippen molar-refractivity contribution in [1.29, 1.82) is 0 Å². The highest BCUT2D eigenvalue weighted by Gasteiger charge is 2.29. The van der Waals surface area contributed by atoms with Crippen LogP contribution < -0.4 is 10.5 Å². The summed E-state index contributed by atoms with van der Waals surface area (Å²) in [6, 6.07) is 4.45. The molecule has 0 aromatic heterocycles. The van der Waals surface area contributed by atoms with E-state index >= 15 is 0 Å². The standard InChI is InChI=1S/C11H14N2O3S/c1-7-2-5-9(17(12,15)16)6-10(7)13-11(14)8-3-4-8/h2,5-6,8H,3-4H2,1H3,(H,13,14)(H2,12,15,16). The van der Waals surface area contributed by atoms with Gasteiger partial charge in [-0.3, -0.25) is 4.79 Å². The summed E-state index contributed by atoms with van der Waals surface area (Å²) in [5, 5.41) is 7.76. The summed E-state index contributed by atoms with van der Waals surface area (Å²) in [7, 11) is -3.73. The Morgan fingerprint density at radius 2 is 2.06 bits per heavy atom. The molecular formula is C11H14N2O3S. The second-order valence-electron chi connectivity index (χ2n) is 4.29. The average Bonchev–Trinajstić information content (AvgIpc) is 3.02. The highest BCUT2D eigenvalue weighted by molar-refractivity contribution is 7.89. The first-order chi connectivity index (χ1) is 7.88. The van der Waals surface area contributed by atoms with Gasteiger partial charge in [0.15, 0.2) is 0 Å². The number of hydrogen-bond acceptors (Lipinski definition) is 3. The van der Waals surface area contributed by atoms with Crippen LogP contribution in [0.1, 0.15) is 18.4 Å². The van der Waals surface area contributed by atoms with Gasteiger partial charge in [-0.05, 0) is 37.5 Å². The van der Waals surface area contributed by atoms with Crippen LogP contribution >= 0.6 is 0 Å². The molecule has 0 unspecified atom stereocenters. The topological polar surface area (TPSA) is 89.3 Å². The summed E-state index contributed by atoms with van der Waals surface area (Å²) < 4.78 is 22.4. The molecule has 6 heteroatoms. The van der Waals surface area contributed by atoms with Crippen molar-refractivity contribution < 1.29 is 13.2 Å². The van der Waals surface area contributed by atoms with Crippen molar-refractivity contribution in [2.24, 2.45) is 11.1 Å². The largest absolute Gasteiger partial charge is 0.326 e. The van der Waals surface area contributed by atoms with Crippen LogP contribution in [-0.4, -0.2) is 14.3 Å². The Labute approximate surface area is 100 Å². The van der Waals surface area contributed by atoms with E-state index in [-0.39, 0.29) is 16.7 Å². The van der Waals surface area contributed by atoms with Crippen LogP contribution in [0.15, 0.2) is 23.1 Å². The van der Waals surface area contributed by atoms with Crippen molar-refractivity contribution in [1.82, 2.24) is 0 Å². The zero-order valence-corrected chi connectivity index (χ0v) is 10.3.